The SMILES string of the molecule is CNC(=O)CSCC(=O)NCCN1C(=O)C2=C(CCCC2)C1=O. The van der Waals surface area contributed by atoms with Crippen molar-refractivity contribution in [3.8, 4) is 0 Å². The second kappa shape index (κ2) is 8.14. The van der Waals surface area contributed by atoms with Gasteiger partial charge in [0.15, 0.2) is 0 Å². The lowest BCUT2D eigenvalue weighted by atomic mass is 9.93. The van der Waals surface area contributed by atoms with Crippen molar-refractivity contribution in [3.05, 3.63) is 11.1 Å². The first kappa shape index (κ1) is 17.5. The maximum Gasteiger partial charge on any atom is 0.257 e. The van der Waals surface area contributed by atoms with Crippen LogP contribution < -0.4 is 10.6 Å². The molecular formula is C15H21N3O4S. The summed E-state index contributed by atoms with van der Waals surface area (Å²) in [5.74, 6) is -0.349. The second-order valence-corrected chi connectivity index (χ2v) is 6.43. The Balaban J connectivity index is 1.71. The summed E-state index contributed by atoms with van der Waals surface area (Å²) >= 11 is 1.21. The fourth-order valence-electron chi connectivity index (χ4n) is 2.67. The molecule has 2 aliphatic rings. The number of hydrogen-bond acceptors (Lipinski definition) is 5. The molecule has 0 atom stereocenters. The third-order valence-electron chi connectivity index (χ3n) is 3.88. The Morgan fingerprint density at radius 3 is 2.17 bits per heavy atom. The standard InChI is InChI=1S/C15H21N3O4S/c1-16-12(19)8-23-9-13(20)17-6-7-18-14(21)10-4-2-3-5-11(10)15(18)22/h2-9H2,1H3,(H,16,19)(H,17,20). The predicted octanol–water partition coefficient (Wildman–Crippen LogP) is -0.179. The highest BCUT2D eigenvalue weighted by Gasteiger charge is 2.38. The summed E-state index contributed by atoms with van der Waals surface area (Å²) < 4.78 is 0. The summed E-state index contributed by atoms with van der Waals surface area (Å²) in [6.07, 6.45) is 3.26. The number of nitrogens with one attached hydrogen (secondary N) is 2. The summed E-state index contributed by atoms with van der Waals surface area (Å²) in [4.78, 5) is 48.3. The van der Waals surface area contributed by atoms with Crippen molar-refractivity contribution in [2.24, 2.45) is 0 Å². The molecule has 0 aromatic rings. The first-order valence-electron chi connectivity index (χ1n) is 7.68. The molecule has 23 heavy (non-hydrogen) atoms. The molecule has 1 heterocycles. The van der Waals surface area contributed by atoms with E-state index in [4.69, 9.17) is 0 Å². The molecule has 0 fully saturated rings. The number of hydrogen-bond donors (Lipinski definition) is 2. The maximum atomic E-state index is 12.2. The van der Waals surface area contributed by atoms with Gasteiger partial charge in [0, 0.05) is 31.3 Å². The van der Waals surface area contributed by atoms with Gasteiger partial charge in [-0.05, 0) is 25.7 Å². The van der Waals surface area contributed by atoms with Gasteiger partial charge in [-0.2, -0.15) is 0 Å². The summed E-state index contributed by atoms with van der Waals surface area (Å²) in [6.45, 7) is 0.425. The van der Waals surface area contributed by atoms with Crippen molar-refractivity contribution in [1.29, 1.82) is 0 Å². The van der Waals surface area contributed by atoms with Gasteiger partial charge in [0.25, 0.3) is 11.8 Å². The second-order valence-electron chi connectivity index (χ2n) is 5.44. The van der Waals surface area contributed by atoms with Crippen molar-refractivity contribution in [3.63, 3.8) is 0 Å². The van der Waals surface area contributed by atoms with Gasteiger partial charge in [-0.3, -0.25) is 24.1 Å². The number of imide groups is 1. The molecule has 1 aliphatic carbocycles. The lowest BCUT2D eigenvalue weighted by molar-refractivity contribution is -0.138. The van der Waals surface area contributed by atoms with Crippen molar-refractivity contribution in [2.75, 3.05) is 31.6 Å². The molecule has 7 nitrogen and oxygen atoms in total. The van der Waals surface area contributed by atoms with E-state index in [9.17, 15) is 19.2 Å². The van der Waals surface area contributed by atoms with E-state index in [1.165, 1.54) is 16.7 Å². The molecule has 0 spiro atoms. The van der Waals surface area contributed by atoms with E-state index in [0.717, 1.165) is 12.8 Å². The van der Waals surface area contributed by atoms with E-state index in [0.29, 0.717) is 24.0 Å². The van der Waals surface area contributed by atoms with E-state index in [-0.39, 0.29) is 48.2 Å². The quantitative estimate of drug-likeness (QED) is 0.628. The first-order chi connectivity index (χ1) is 11.0. The molecule has 2 rings (SSSR count). The minimum absolute atomic E-state index is 0.132. The zero-order chi connectivity index (χ0) is 16.8. The Hall–Kier alpha value is -1.83. The van der Waals surface area contributed by atoms with Crippen molar-refractivity contribution in [2.45, 2.75) is 25.7 Å². The summed E-state index contributed by atoms with van der Waals surface area (Å²) in [5.41, 5.74) is 1.32. The van der Waals surface area contributed by atoms with E-state index in [2.05, 4.69) is 10.6 Å². The monoisotopic (exact) mass is 339 g/mol. The fourth-order valence-corrected chi connectivity index (χ4v) is 3.38. The molecule has 0 saturated heterocycles. The Morgan fingerprint density at radius 2 is 1.61 bits per heavy atom. The molecule has 0 aromatic heterocycles. The van der Waals surface area contributed by atoms with Crippen LogP contribution in [0.2, 0.25) is 0 Å². The van der Waals surface area contributed by atoms with Gasteiger partial charge in [-0.1, -0.05) is 0 Å². The van der Waals surface area contributed by atoms with Gasteiger partial charge in [0.2, 0.25) is 11.8 Å². The summed E-state index contributed by atoms with van der Waals surface area (Å²) in [5, 5.41) is 5.14. The van der Waals surface area contributed by atoms with E-state index in [1.807, 2.05) is 0 Å². The molecule has 0 unspecified atom stereocenters. The highest BCUT2D eigenvalue weighted by molar-refractivity contribution is 8.00. The smallest absolute Gasteiger partial charge is 0.257 e. The van der Waals surface area contributed by atoms with Gasteiger partial charge in [-0.15, -0.1) is 11.8 Å². The average Bonchev–Trinajstić information content (AvgIpc) is 2.80. The Morgan fingerprint density at radius 1 is 1.04 bits per heavy atom. The van der Waals surface area contributed by atoms with Crippen molar-refractivity contribution in [1.82, 2.24) is 15.5 Å². The van der Waals surface area contributed by atoms with Gasteiger partial charge in [0.05, 0.1) is 11.5 Å². The number of thioether (sulfide) groups is 1. The number of amides is 4. The molecule has 4 amide bonds. The van der Waals surface area contributed by atoms with E-state index < -0.39 is 0 Å². The number of nitrogens with zero attached hydrogens (tertiary/aromatic N) is 1. The normalized spacial score (nSPS) is 17.3. The Labute approximate surface area is 139 Å². The van der Waals surface area contributed by atoms with E-state index >= 15 is 0 Å². The predicted molar refractivity (Wildman–Crippen MR) is 86.6 cm³/mol. The van der Waals surface area contributed by atoms with Crippen LogP contribution in [0.4, 0.5) is 0 Å². The highest BCUT2D eigenvalue weighted by atomic mass is 32.2. The van der Waals surface area contributed by atoms with Crippen LogP contribution in [0.1, 0.15) is 25.7 Å². The number of rotatable bonds is 7. The molecule has 126 valence electrons. The average molecular weight is 339 g/mol. The molecule has 0 aromatic carbocycles. The third kappa shape index (κ3) is 4.34. The van der Waals surface area contributed by atoms with Crippen LogP contribution >= 0.6 is 11.8 Å². The molecule has 2 N–H and O–H groups in total. The van der Waals surface area contributed by atoms with Gasteiger partial charge >= 0.3 is 0 Å². The lowest BCUT2D eigenvalue weighted by Crippen LogP contribution is -2.39. The van der Waals surface area contributed by atoms with E-state index in [1.54, 1.807) is 7.05 Å². The molecule has 8 heteroatoms. The minimum Gasteiger partial charge on any atom is -0.358 e. The molecular weight excluding hydrogens is 318 g/mol. The van der Waals surface area contributed by atoms with Gasteiger partial charge < -0.3 is 10.6 Å². The van der Waals surface area contributed by atoms with Crippen LogP contribution in [-0.2, 0) is 19.2 Å². The topological polar surface area (TPSA) is 95.6 Å². The van der Waals surface area contributed by atoms with Crippen molar-refractivity contribution >= 4 is 35.4 Å². The zero-order valence-electron chi connectivity index (χ0n) is 13.1. The van der Waals surface area contributed by atoms with Crippen LogP contribution in [0, 0.1) is 0 Å². The largest absolute Gasteiger partial charge is 0.358 e. The van der Waals surface area contributed by atoms with Crippen LogP contribution in [0.15, 0.2) is 11.1 Å². The molecule has 0 bridgehead atoms. The summed E-state index contributed by atoms with van der Waals surface area (Å²) in [7, 11) is 1.54. The third-order valence-corrected chi connectivity index (χ3v) is 4.81. The lowest BCUT2D eigenvalue weighted by Gasteiger charge is -2.15. The van der Waals surface area contributed by atoms with Crippen molar-refractivity contribution < 1.29 is 19.2 Å². The first-order valence-corrected chi connectivity index (χ1v) is 8.83. The fraction of sp³-hybridized carbons (Fsp3) is 0.600. The van der Waals surface area contributed by atoms with Gasteiger partial charge in [-0.25, -0.2) is 0 Å². The van der Waals surface area contributed by atoms with Crippen LogP contribution in [0.5, 0.6) is 0 Å². The highest BCUT2D eigenvalue weighted by Crippen LogP contribution is 2.32. The molecule has 1 aliphatic heterocycles. The maximum absolute atomic E-state index is 12.2. The van der Waals surface area contributed by atoms with Crippen LogP contribution in [0.3, 0.4) is 0 Å². The Bertz CT molecular complexity index is 531. The van der Waals surface area contributed by atoms with Crippen LogP contribution in [-0.4, -0.2) is 60.2 Å². The molecule has 0 saturated carbocycles. The van der Waals surface area contributed by atoms with Gasteiger partial charge in [0.1, 0.15) is 0 Å². The Kier molecular flexibility index (Phi) is 6.20. The summed E-state index contributed by atoms with van der Waals surface area (Å²) in [6, 6.07) is 0. The number of carbonyl (C=O) groups is 4. The molecule has 0 radical (unpaired) electrons. The number of carbonyl (C=O) groups excluding carboxylic acids is 4. The van der Waals surface area contributed by atoms with Crippen LogP contribution in [0.25, 0.3) is 0 Å². The minimum atomic E-state index is -0.212. The zero-order valence-corrected chi connectivity index (χ0v) is 14.0.